The number of nitrogens with zero attached hydrogens (tertiary/aromatic N) is 2. The zero-order valence-electron chi connectivity index (χ0n) is 16.5. The third-order valence-electron chi connectivity index (χ3n) is 5.45. The van der Waals surface area contributed by atoms with Crippen LogP contribution in [0, 0.1) is 0 Å². The molecule has 0 spiro atoms. The number of amides is 1. The van der Waals surface area contributed by atoms with Gasteiger partial charge in [0.15, 0.2) is 0 Å². The highest BCUT2D eigenvalue weighted by Crippen LogP contribution is 2.27. The molecule has 1 amide bonds. The Hall–Kier alpha value is -2.62. The SMILES string of the molecule is O=C(C(c1ccccc1)c1ccccc1)N1CCN(Cc2ccccc2)CC1.[Cl-]. The summed E-state index contributed by atoms with van der Waals surface area (Å²) in [4.78, 5) is 17.9. The summed E-state index contributed by atoms with van der Waals surface area (Å²) < 4.78 is 0. The third-order valence-corrected chi connectivity index (χ3v) is 5.45. The molecule has 0 atom stereocenters. The molecular formula is C25H26ClN2O-. The maximum absolute atomic E-state index is 13.5. The summed E-state index contributed by atoms with van der Waals surface area (Å²) in [5.41, 5.74) is 3.45. The standard InChI is InChI=1S/C25H26N2O.ClH/c28-25(24(22-12-6-2-7-13-22)23-14-8-3-9-15-23)27-18-16-26(17-19-27)20-21-10-4-1-5-11-21;/h1-15,24H,16-20H2;1H/p-1. The molecule has 1 fully saturated rings. The molecule has 150 valence electrons. The summed E-state index contributed by atoms with van der Waals surface area (Å²) in [6, 6.07) is 30.8. The second-order valence-corrected chi connectivity index (χ2v) is 7.34. The zero-order chi connectivity index (χ0) is 19.2. The van der Waals surface area contributed by atoms with Crippen LogP contribution < -0.4 is 12.4 Å². The summed E-state index contributed by atoms with van der Waals surface area (Å²) >= 11 is 0. The molecule has 3 nitrogen and oxygen atoms in total. The molecule has 1 aliphatic heterocycles. The minimum absolute atomic E-state index is 0. The molecule has 0 saturated carbocycles. The fraction of sp³-hybridized carbons (Fsp3) is 0.240. The molecule has 0 bridgehead atoms. The van der Waals surface area contributed by atoms with E-state index in [4.69, 9.17) is 0 Å². The van der Waals surface area contributed by atoms with Gasteiger partial charge >= 0.3 is 0 Å². The second-order valence-electron chi connectivity index (χ2n) is 7.34. The Balaban J connectivity index is 0.00000240. The Morgan fingerprint density at radius 3 is 1.62 bits per heavy atom. The van der Waals surface area contributed by atoms with Gasteiger partial charge in [-0.3, -0.25) is 9.69 Å². The number of hydrogen-bond acceptors (Lipinski definition) is 2. The Morgan fingerprint density at radius 2 is 1.14 bits per heavy atom. The van der Waals surface area contributed by atoms with Crippen LogP contribution in [0.15, 0.2) is 91.0 Å². The van der Waals surface area contributed by atoms with Crippen molar-refractivity contribution in [3.8, 4) is 0 Å². The van der Waals surface area contributed by atoms with Crippen LogP contribution in [0.25, 0.3) is 0 Å². The number of carbonyl (C=O) groups excluding carboxylic acids is 1. The predicted octanol–water partition coefficient (Wildman–Crippen LogP) is 1.17. The first kappa shape index (κ1) is 21.1. The van der Waals surface area contributed by atoms with E-state index in [1.807, 2.05) is 47.4 Å². The minimum atomic E-state index is -0.233. The van der Waals surface area contributed by atoms with Crippen molar-refractivity contribution in [3.05, 3.63) is 108 Å². The zero-order valence-corrected chi connectivity index (χ0v) is 17.2. The summed E-state index contributed by atoms with van der Waals surface area (Å²) in [5, 5.41) is 0. The van der Waals surface area contributed by atoms with Gasteiger partial charge in [-0.1, -0.05) is 91.0 Å². The van der Waals surface area contributed by atoms with Crippen LogP contribution in [0.2, 0.25) is 0 Å². The van der Waals surface area contributed by atoms with Crippen molar-refractivity contribution >= 4 is 5.91 Å². The maximum Gasteiger partial charge on any atom is 0.234 e. The molecule has 4 heteroatoms. The predicted molar refractivity (Wildman–Crippen MR) is 113 cm³/mol. The van der Waals surface area contributed by atoms with Crippen LogP contribution in [0.5, 0.6) is 0 Å². The molecule has 0 aliphatic carbocycles. The van der Waals surface area contributed by atoms with Crippen molar-refractivity contribution in [2.75, 3.05) is 26.2 Å². The number of hydrogen-bond donors (Lipinski definition) is 0. The quantitative estimate of drug-likeness (QED) is 0.636. The Labute approximate surface area is 179 Å². The maximum atomic E-state index is 13.5. The molecule has 3 aromatic carbocycles. The van der Waals surface area contributed by atoms with Gasteiger partial charge in [-0.15, -0.1) is 0 Å². The normalized spacial score (nSPS) is 14.4. The Bertz CT molecular complexity index is 839. The van der Waals surface area contributed by atoms with E-state index in [1.165, 1.54) is 5.56 Å². The van der Waals surface area contributed by atoms with Gasteiger partial charge in [-0.25, -0.2) is 0 Å². The molecule has 0 aromatic heterocycles. The topological polar surface area (TPSA) is 23.6 Å². The largest absolute Gasteiger partial charge is 1.00 e. The summed E-state index contributed by atoms with van der Waals surface area (Å²) in [5.74, 6) is -0.0279. The van der Waals surface area contributed by atoms with Crippen LogP contribution in [0.4, 0.5) is 0 Å². The Kier molecular flexibility index (Phi) is 7.45. The van der Waals surface area contributed by atoms with Gasteiger partial charge in [0.2, 0.25) is 5.91 Å². The molecule has 1 heterocycles. The van der Waals surface area contributed by atoms with E-state index in [2.05, 4.69) is 53.4 Å². The average Bonchev–Trinajstić information content (AvgIpc) is 2.77. The van der Waals surface area contributed by atoms with E-state index < -0.39 is 0 Å². The van der Waals surface area contributed by atoms with Crippen molar-refractivity contribution in [1.29, 1.82) is 0 Å². The van der Waals surface area contributed by atoms with E-state index in [0.29, 0.717) is 0 Å². The lowest BCUT2D eigenvalue weighted by Crippen LogP contribution is -3.00. The monoisotopic (exact) mass is 405 g/mol. The summed E-state index contributed by atoms with van der Waals surface area (Å²) in [7, 11) is 0. The molecule has 1 aliphatic rings. The molecular weight excluding hydrogens is 380 g/mol. The van der Waals surface area contributed by atoms with Crippen LogP contribution in [-0.2, 0) is 11.3 Å². The van der Waals surface area contributed by atoms with Crippen LogP contribution in [0.1, 0.15) is 22.6 Å². The summed E-state index contributed by atoms with van der Waals surface area (Å²) in [6.07, 6.45) is 0. The van der Waals surface area contributed by atoms with Gasteiger partial charge in [0.25, 0.3) is 0 Å². The molecule has 4 rings (SSSR count). The molecule has 0 N–H and O–H groups in total. The number of carbonyl (C=O) groups is 1. The van der Waals surface area contributed by atoms with Gasteiger partial charge in [0.05, 0.1) is 5.92 Å². The molecule has 29 heavy (non-hydrogen) atoms. The number of piperazine rings is 1. The highest BCUT2D eigenvalue weighted by atomic mass is 35.5. The van der Waals surface area contributed by atoms with E-state index in [1.54, 1.807) is 0 Å². The lowest BCUT2D eigenvalue weighted by molar-refractivity contribution is -0.133. The van der Waals surface area contributed by atoms with E-state index >= 15 is 0 Å². The molecule has 1 saturated heterocycles. The molecule has 0 radical (unpaired) electrons. The van der Waals surface area contributed by atoms with Gasteiger partial charge in [-0.2, -0.15) is 0 Å². The summed E-state index contributed by atoms with van der Waals surface area (Å²) in [6.45, 7) is 4.33. The van der Waals surface area contributed by atoms with Gasteiger partial charge in [-0.05, 0) is 16.7 Å². The van der Waals surface area contributed by atoms with E-state index in [9.17, 15) is 4.79 Å². The molecule has 0 unspecified atom stereocenters. The van der Waals surface area contributed by atoms with Crippen LogP contribution >= 0.6 is 0 Å². The number of rotatable bonds is 5. The minimum Gasteiger partial charge on any atom is -1.00 e. The smallest absolute Gasteiger partial charge is 0.234 e. The van der Waals surface area contributed by atoms with E-state index in [0.717, 1.165) is 43.9 Å². The fourth-order valence-corrected chi connectivity index (χ4v) is 3.92. The fourth-order valence-electron chi connectivity index (χ4n) is 3.92. The highest BCUT2D eigenvalue weighted by molar-refractivity contribution is 5.87. The lowest BCUT2D eigenvalue weighted by Gasteiger charge is -2.36. The first-order valence-electron chi connectivity index (χ1n) is 9.96. The van der Waals surface area contributed by atoms with Crippen molar-refractivity contribution in [1.82, 2.24) is 9.80 Å². The van der Waals surface area contributed by atoms with Gasteiger partial charge < -0.3 is 17.3 Å². The van der Waals surface area contributed by atoms with Crippen LogP contribution in [-0.4, -0.2) is 41.9 Å². The highest BCUT2D eigenvalue weighted by Gasteiger charge is 2.29. The lowest BCUT2D eigenvalue weighted by atomic mass is 9.90. The third kappa shape index (κ3) is 5.26. The first-order valence-corrected chi connectivity index (χ1v) is 9.96. The average molecular weight is 406 g/mol. The first-order chi connectivity index (χ1) is 13.8. The van der Waals surface area contributed by atoms with E-state index in [-0.39, 0.29) is 24.2 Å². The van der Waals surface area contributed by atoms with Crippen molar-refractivity contribution in [3.63, 3.8) is 0 Å². The van der Waals surface area contributed by atoms with Crippen molar-refractivity contribution in [2.45, 2.75) is 12.5 Å². The van der Waals surface area contributed by atoms with Crippen LogP contribution in [0.3, 0.4) is 0 Å². The number of benzene rings is 3. The molecule has 3 aromatic rings. The Morgan fingerprint density at radius 1 is 0.690 bits per heavy atom. The number of halogens is 1. The second kappa shape index (κ2) is 10.2. The van der Waals surface area contributed by atoms with Crippen molar-refractivity contribution in [2.24, 2.45) is 0 Å². The van der Waals surface area contributed by atoms with Gasteiger partial charge in [0.1, 0.15) is 0 Å². The van der Waals surface area contributed by atoms with Gasteiger partial charge in [0, 0.05) is 32.7 Å². The van der Waals surface area contributed by atoms with Crippen molar-refractivity contribution < 1.29 is 17.2 Å².